The molecule has 0 aliphatic rings. The number of hydrogen-bond donors (Lipinski definition) is 0. The first-order valence-electron chi connectivity index (χ1n) is 5.63. The molecule has 0 amide bonds. The Morgan fingerprint density at radius 1 is 1.26 bits per heavy atom. The van der Waals surface area contributed by atoms with Gasteiger partial charge in [-0.1, -0.05) is 24.3 Å². The highest BCUT2D eigenvalue weighted by atomic mass is 35.5. The van der Waals surface area contributed by atoms with Crippen LogP contribution >= 0.6 is 11.6 Å². The lowest BCUT2D eigenvalue weighted by Gasteiger charge is -2.22. The lowest BCUT2D eigenvalue weighted by atomic mass is 10.1. The zero-order chi connectivity index (χ0) is 14.0. The molecule has 0 aliphatic heterocycles. The standard InChI is InChI=1S/C13H12ClF3N2/c1-19(8-13(15,16)17)12-11-5-3-2-4-9(11)6-10(7-14)18-12/h2-6H,7-8H2,1H3. The number of pyridine rings is 1. The highest BCUT2D eigenvalue weighted by molar-refractivity contribution is 6.17. The van der Waals surface area contributed by atoms with E-state index in [-0.39, 0.29) is 5.88 Å². The van der Waals surface area contributed by atoms with E-state index in [0.717, 1.165) is 10.3 Å². The third-order valence-electron chi connectivity index (χ3n) is 2.69. The van der Waals surface area contributed by atoms with E-state index in [2.05, 4.69) is 4.98 Å². The predicted molar refractivity (Wildman–Crippen MR) is 70.6 cm³/mol. The van der Waals surface area contributed by atoms with Gasteiger partial charge in [0.1, 0.15) is 12.4 Å². The van der Waals surface area contributed by atoms with Crippen molar-refractivity contribution in [3.8, 4) is 0 Å². The summed E-state index contributed by atoms with van der Waals surface area (Å²) in [6.45, 7) is -1.05. The van der Waals surface area contributed by atoms with Crippen molar-refractivity contribution in [2.45, 2.75) is 12.1 Å². The Hall–Kier alpha value is -1.49. The second-order valence-corrected chi connectivity index (χ2v) is 4.53. The summed E-state index contributed by atoms with van der Waals surface area (Å²) in [5.74, 6) is 0.462. The predicted octanol–water partition coefficient (Wildman–Crippen LogP) is 3.97. The molecule has 0 spiro atoms. The lowest BCUT2D eigenvalue weighted by molar-refractivity contribution is -0.119. The van der Waals surface area contributed by atoms with Gasteiger partial charge in [-0.3, -0.25) is 0 Å². The molecule has 2 rings (SSSR count). The summed E-state index contributed by atoms with van der Waals surface area (Å²) >= 11 is 5.73. The molecule has 1 aromatic heterocycles. The van der Waals surface area contributed by atoms with Crippen molar-refractivity contribution in [2.24, 2.45) is 0 Å². The van der Waals surface area contributed by atoms with Crippen LogP contribution < -0.4 is 4.90 Å². The Kier molecular flexibility index (Phi) is 3.85. The van der Waals surface area contributed by atoms with Crippen molar-refractivity contribution < 1.29 is 13.2 Å². The first kappa shape index (κ1) is 13.9. The molecule has 0 unspecified atom stereocenters. The van der Waals surface area contributed by atoms with Crippen LogP contribution in [-0.2, 0) is 5.88 Å². The van der Waals surface area contributed by atoms with E-state index < -0.39 is 12.7 Å². The summed E-state index contributed by atoms with van der Waals surface area (Å²) in [6.07, 6.45) is -4.27. The topological polar surface area (TPSA) is 16.1 Å². The minimum atomic E-state index is -4.27. The molecule has 2 aromatic rings. The number of nitrogens with zero attached hydrogens (tertiary/aromatic N) is 2. The second-order valence-electron chi connectivity index (χ2n) is 4.26. The molecule has 102 valence electrons. The molecule has 6 heteroatoms. The van der Waals surface area contributed by atoms with Crippen LogP contribution in [-0.4, -0.2) is 24.8 Å². The molecule has 0 saturated carbocycles. The largest absolute Gasteiger partial charge is 0.405 e. The summed E-state index contributed by atoms with van der Waals surface area (Å²) in [5.41, 5.74) is 0.560. The van der Waals surface area contributed by atoms with Crippen molar-refractivity contribution in [1.82, 2.24) is 4.98 Å². The van der Waals surface area contributed by atoms with E-state index in [9.17, 15) is 13.2 Å². The van der Waals surface area contributed by atoms with Crippen LogP contribution in [0.2, 0.25) is 0 Å². The van der Waals surface area contributed by atoms with E-state index in [1.807, 2.05) is 12.1 Å². The van der Waals surface area contributed by atoms with Gasteiger partial charge in [0.2, 0.25) is 0 Å². The Balaban J connectivity index is 2.51. The van der Waals surface area contributed by atoms with Gasteiger partial charge < -0.3 is 4.90 Å². The Bertz CT molecular complexity index is 584. The van der Waals surface area contributed by atoms with Crippen molar-refractivity contribution in [3.05, 3.63) is 36.0 Å². The van der Waals surface area contributed by atoms with Gasteiger partial charge in [-0.15, -0.1) is 11.6 Å². The summed E-state index contributed by atoms with van der Waals surface area (Å²) in [7, 11) is 1.38. The van der Waals surface area contributed by atoms with Gasteiger partial charge in [-0.2, -0.15) is 13.2 Å². The van der Waals surface area contributed by atoms with Gasteiger partial charge in [-0.25, -0.2) is 4.98 Å². The minimum absolute atomic E-state index is 0.164. The Morgan fingerprint density at radius 3 is 2.58 bits per heavy atom. The molecule has 0 aliphatic carbocycles. The number of fused-ring (bicyclic) bond motifs is 1. The average molecular weight is 289 g/mol. The quantitative estimate of drug-likeness (QED) is 0.795. The fraction of sp³-hybridized carbons (Fsp3) is 0.308. The average Bonchev–Trinajstić information content (AvgIpc) is 2.35. The molecule has 0 N–H and O–H groups in total. The van der Waals surface area contributed by atoms with Crippen LogP contribution in [0.15, 0.2) is 30.3 Å². The third-order valence-corrected chi connectivity index (χ3v) is 2.96. The number of aromatic nitrogens is 1. The smallest absolute Gasteiger partial charge is 0.350 e. The van der Waals surface area contributed by atoms with Crippen LogP contribution in [0.1, 0.15) is 5.69 Å². The lowest BCUT2D eigenvalue weighted by Crippen LogP contribution is -2.31. The van der Waals surface area contributed by atoms with E-state index in [1.54, 1.807) is 18.2 Å². The van der Waals surface area contributed by atoms with Crippen LogP contribution in [0.5, 0.6) is 0 Å². The molecule has 1 heterocycles. The molecular formula is C13H12ClF3N2. The van der Waals surface area contributed by atoms with Crippen molar-refractivity contribution >= 4 is 28.2 Å². The number of halogens is 4. The fourth-order valence-electron chi connectivity index (χ4n) is 1.94. The Labute approximate surface area is 113 Å². The van der Waals surface area contributed by atoms with Crippen LogP contribution in [0.4, 0.5) is 19.0 Å². The van der Waals surface area contributed by atoms with Crippen molar-refractivity contribution in [1.29, 1.82) is 0 Å². The molecule has 0 fully saturated rings. The summed E-state index contributed by atoms with van der Waals surface area (Å²) in [5, 5.41) is 1.51. The third kappa shape index (κ3) is 3.29. The fourth-order valence-corrected chi connectivity index (χ4v) is 2.07. The van der Waals surface area contributed by atoms with Gasteiger partial charge in [0.15, 0.2) is 0 Å². The molecule has 0 bridgehead atoms. The van der Waals surface area contributed by atoms with Crippen molar-refractivity contribution in [2.75, 3.05) is 18.5 Å². The molecule has 1 aromatic carbocycles. The SMILES string of the molecule is CN(CC(F)(F)F)c1nc(CCl)cc2ccccc12. The molecule has 0 radical (unpaired) electrons. The molecule has 2 nitrogen and oxygen atoms in total. The normalized spacial score (nSPS) is 11.8. The monoisotopic (exact) mass is 288 g/mol. The molecule has 0 atom stereocenters. The van der Waals surface area contributed by atoms with Gasteiger partial charge in [0, 0.05) is 12.4 Å². The van der Waals surface area contributed by atoms with E-state index >= 15 is 0 Å². The van der Waals surface area contributed by atoms with Crippen molar-refractivity contribution in [3.63, 3.8) is 0 Å². The van der Waals surface area contributed by atoms with E-state index in [4.69, 9.17) is 11.6 Å². The zero-order valence-electron chi connectivity index (χ0n) is 10.2. The van der Waals surface area contributed by atoms with Gasteiger partial charge in [0.25, 0.3) is 0 Å². The highest BCUT2D eigenvalue weighted by Crippen LogP contribution is 2.27. The summed E-state index contributed by atoms with van der Waals surface area (Å²) in [4.78, 5) is 5.29. The van der Waals surface area contributed by atoms with Gasteiger partial charge in [0.05, 0.1) is 11.6 Å². The van der Waals surface area contributed by atoms with E-state index in [1.165, 1.54) is 7.05 Å². The number of alkyl halides is 4. The maximum Gasteiger partial charge on any atom is 0.405 e. The zero-order valence-corrected chi connectivity index (χ0v) is 11.0. The first-order chi connectivity index (χ1) is 8.90. The highest BCUT2D eigenvalue weighted by Gasteiger charge is 2.30. The first-order valence-corrected chi connectivity index (χ1v) is 6.16. The van der Waals surface area contributed by atoms with Gasteiger partial charge in [-0.05, 0) is 11.5 Å². The Morgan fingerprint density at radius 2 is 1.95 bits per heavy atom. The number of anilines is 1. The van der Waals surface area contributed by atoms with Crippen LogP contribution in [0.3, 0.4) is 0 Å². The summed E-state index contributed by atoms with van der Waals surface area (Å²) in [6, 6.07) is 8.97. The van der Waals surface area contributed by atoms with E-state index in [0.29, 0.717) is 16.9 Å². The molecule has 19 heavy (non-hydrogen) atoms. The van der Waals surface area contributed by atoms with Crippen LogP contribution in [0, 0.1) is 0 Å². The second kappa shape index (κ2) is 5.25. The summed E-state index contributed by atoms with van der Waals surface area (Å²) < 4.78 is 37.4. The minimum Gasteiger partial charge on any atom is -0.350 e. The maximum atomic E-state index is 12.5. The van der Waals surface area contributed by atoms with Crippen LogP contribution in [0.25, 0.3) is 10.8 Å². The molecular weight excluding hydrogens is 277 g/mol. The number of rotatable bonds is 3. The maximum absolute atomic E-state index is 12.5. The number of hydrogen-bond acceptors (Lipinski definition) is 2. The number of benzene rings is 1. The van der Waals surface area contributed by atoms with Gasteiger partial charge >= 0.3 is 6.18 Å². The molecule has 0 saturated heterocycles.